The number of ether oxygens (including phenoxy) is 1. The summed E-state index contributed by atoms with van der Waals surface area (Å²) in [5.74, 6) is -0.239. The van der Waals surface area contributed by atoms with Gasteiger partial charge in [-0.15, -0.1) is 0 Å². The molecule has 0 atom stereocenters. The SMILES string of the molecule is CCOC(=O)C(Cc1ccccc1)=NNc1nc(=O)[nH]c2ccccc12. The Morgan fingerprint density at radius 1 is 1.15 bits per heavy atom. The maximum atomic E-state index is 12.2. The molecule has 0 fully saturated rings. The van der Waals surface area contributed by atoms with Crippen LogP contribution in [0.2, 0.25) is 0 Å². The van der Waals surface area contributed by atoms with Crippen molar-refractivity contribution in [2.24, 2.45) is 5.10 Å². The number of aromatic nitrogens is 2. The van der Waals surface area contributed by atoms with Crippen molar-refractivity contribution in [3.8, 4) is 0 Å². The Balaban J connectivity index is 1.93. The summed E-state index contributed by atoms with van der Waals surface area (Å²) in [6.07, 6.45) is 0.299. The fourth-order valence-electron chi connectivity index (χ4n) is 2.47. The van der Waals surface area contributed by atoms with Crippen LogP contribution in [0, 0.1) is 0 Å². The molecular weight excluding hydrogens is 332 g/mol. The quantitative estimate of drug-likeness (QED) is 0.404. The third-order valence-corrected chi connectivity index (χ3v) is 3.66. The van der Waals surface area contributed by atoms with Gasteiger partial charge in [-0.05, 0) is 24.6 Å². The van der Waals surface area contributed by atoms with Gasteiger partial charge in [0.05, 0.1) is 12.1 Å². The van der Waals surface area contributed by atoms with Gasteiger partial charge in [0, 0.05) is 11.8 Å². The first kappa shape index (κ1) is 17.3. The van der Waals surface area contributed by atoms with Crippen molar-refractivity contribution in [1.82, 2.24) is 9.97 Å². The molecule has 0 unspecified atom stereocenters. The summed E-state index contributed by atoms with van der Waals surface area (Å²) in [5, 5.41) is 4.87. The van der Waals surface area contributed by atoms with Crippen LogP contribution in [0.25, 0.3) is 10.9 Å². The van der Waals surface area contributed by atoms with Crippen LogP contribution in [0.4, 0.5) is 5.82 Å². The molecule has 0 saturated carbocycles. The minimum absolute atomic E-state index is 0.198. The van der Waals surface area contributed by atoms with E-state index in [0.717, 1.165) is 5.56 Å². The third-order valence-electron chi connectivity index (χ3n) is 3.66. The fraction of sp³-hybridized carbons (Fsp3) is 0.158. The minimum atomic E-state index is -0.516. The summed E-state index contributed by atoms with van der Waals surface area (Å²) in [6, 6.07) is 16.7. The first-order valence-corrected chi connectivity index (χ1v) is 8.20. The van der Waals surface area contributed by atoms with Crippen LogP contribution in [0.5, 0.6) is 0 Å². The maximum Gasteiger partial charge on any atom is 0.354 e. The molecule has 3 aromatic rings. The van der Waals surface area contributed by atoms with Crippen molar-refractivity contribution in [3.63, 3.8) is 0 Å². The van der Waals surface area contributed by atoms with E-state index in [2.05, 4.69) is 20.5 Å². The predicted octanol–water partition coefficient (Wildman–Crippen LogP) is 2.50. The zero-order chi connectivity index (χ0) is 18.4. The van der Waals surface area contributed by atoms with Gasteiger partial charge < -0.3 is 9.72 Å². The first-order valence-electron chi connectivity index (χ1n) is 8.20. The topological polar surface area (TPSA) is 96.4 Å². The highest BCUT2D eigenvalue weighted by Gasteiger charge is 2.14. The Morgan fingerprint density at radius 2 is 1.88 bits per heavy atom. The number of fused-ring (bicyclic) bond motifs is 1. The summed E-state index contributed by atoms with van der Waals surface area (Å²) in [7, 11) is 0. The van der Waals surface area contributed by atoms with Crippen molar-refractivity contribution in [2.45, 2.75) is 13.3 Å². The van der Waals surface area contributed by atoms with E-state index in [4.69, 9.17) is 4.74 Å². The largest absolute Gasteiger partial charge is 0.461 e. The summed E-state index contributed by atoms with van der Waals surface area (Å²) in [5.41, 5.74) is 4.00. The molecule has 0 bridgehead atoms. The molecule has 0 aliphatic heterocycles. The summed E-state index contributed by atoms with van der Waals surface area (Å²) < 4.78 is 5.08. The standard InChI is InChI=1S/C19H18N4O3/c1-2-26-18(24)16(12-13-8-4-3-5-9-13)22-23-17-14-10-6-7-11-15(14)20-19(25)21-17/h3-11H,2,12H2,1H3,(H2,20,21,23,25). The Bertz CT molecular complexity index is 996. The van der Waals surface area contributed by atoms with E-state index in [1.807, 2.05) is 42.5 Å². The van der Waals surface area contributed by atoms with Gasteiger partial charge in [-0.3, -0.25) is 5.43 Å². The van der Waals surface area contributed by atoms with Gasteiger partial charge in [0.15, 0.2) is 5.82 Å². The lowest BCUT2D eigenvalue weighted by molar-refractivity contribution is -0.135. The number of hydrazone groups is 1. The lowest BCUT2D eigenvalue weighted by Gasteiger charge is -2.08. The molecule has 26 heavy (non-hydrogen) atoms. The molecule has 7 heteroatoms. The van der Waals surface area contributed by atoms with Gasteiger partial charge in [-0.25, -0.2) is 9.59 Å². The van der Waals surface area contributed by atoms with E-state index < -0.39 is 11.7 Å². The molecule has 0 aliphatic carbocycles. The number of carbonyl (C=O) groups is 1. The Hall–Kier alpha value is -3.48. The van der Waals surface area contributed by atoms with Crippen LogP contribution in [0.1, 0.15) is 12.5 Å². The number of esters is 1. The zero-order valence-electron chi connectivity index (χ0n) is 14.2. The van der Waals surface area contributed by atoms with Gasteiger partial charge in [-0.1, -0.05) is 42.5 Å². The smallest absolute Gasteiger partial charge is 0.354 e. The van der Waals surface area contributed by atoms with Crippen molar-refractivity contribution in [1.29, 1.82) is 0 Å². The van der Waals surface area contributed by atoms with Crippen LogP contribution >= 0.6 is 0 Å². The lowest BCUT2D eigenvalue weighted by Crippen LogP contribution is -2.22. The monoisotopic (exact) mass is 350 g/mol. The minimum Gasteiger partial charge on any atom is -0.461 e. The molecule has 7 nitrogen and oxygen atoms in total. The number of nitrogens with zero attached hydrogens (tertiary/aromatic N) is 2. The average molecular weight is 350 g/mol. The molecule has 0 aliphatic rings. The fourth-order valence-corrected chi connectivity index (χ4v) is 2.47. The van der Waals surface area contributed by atoms with E-state index in [1.54, 1.807) is 19.1 Å². The van der Waals surface area contributed by atoms with Crippen molar-refractivity contribution in [3.05, 3.63) is 70.6 Å². The number of H-pyrrole nitrogens is 1. The molecule has 132 valence electrons. The number of rotatable bonds is 6. The van der Waals surface area contributed by atoms with Gasteiger partial charge >= 0.3 is 11.7 Å². The number of carbonyl (C=O) groups excluding carboxylic acids is 1. The molecular formula is C19H18N4O3. The highest BCUT2D eigenvalue weighted by Crippen LogP contribution is 2.17. The van der Waals surface area contributed by atoms with Gasteiger partial charge in [0.25, 0.3) is 0 Å². The lowest BCUT2D eigenvalue weighted by atomic mass is 10.1. The van der Waals surface area contributed by atoms with Crippen molar-refractivity contribution in [2.75, 3.05) is 12.0 Å². The van der Waals surface area contributed by atoms with E-state index in [9.17, 15) is 9.59 Å². The van der Waals surface area contributed by atoms with E-state index in [-0.39, 0.29) is 18.1 Å². The predicted molar refractivity (Wildman–Crippen MR) is 100 cm³/mol. The van der Waals surface area contributed by atoms with Crippen molar-refractivity contribution >= 4 is 28.4 Å². The van der Waals surface area contributed by atoms with Crippen LogP contribution in [-0.2, 0) is 16.0 Å². The van der Waals surface area contributed by atoms with E-state index in [0.29, 0.717) is 17.3 Å². The number of anilines is 1. The highest BCUT2D eigenvalue weighted by molar-refractivity contribution is 6.37. The number of hydrogen-bond donors (Lipinski definition) is 2. The number of aromatic amines is 1. The van der Waals surface area contributed by atoms with Gasteiger partial charge in [-0.2, -0.15) is 10.1 Å². The van der Waals surface area contributed by atoms with Crippen LogP contribution in [0.15, 0.2) is 64.5 Å². The maximum absolute atomic E-state index is 12.2. The molecule has 0 amide bonds. The third kappa shape index (κ3) is 4.13. The second-order valence-electron chi connectivity index (χ2n) is 5.49. The van der Waals surface area contributed by atoms with E-state index in [1.165, 1.54) is 0 Å². The first-order chi connectivity index (χ1) is 12.7. The Morgan fingerprint density at radius 3 is 2.65 bits per heavy atom. The number of nitrogens with one attached hydrogen (secondary N) is 2. The second kappa shape index (κ2) is 8.06. The summed E-state index contributed by atoms with van der Waals surface area (Å²) >= 11 is 0. The molecule has 2 aromatic carbocycles. The van der Waals surface area contributed by atoms with Crippen LogP contribution in [-0.4, -0.2) is 28.3 Å². The zero-order valence-corrected chi connectivity index (χ0v) is 14.2. The molecule has 1 heterocycles. The van der Waals surface area contributed by atoms with Gasteiger partial charge in [0.1, 0.15) is 5.71 Å². The number of para-hydroxylation sites is 1. The average Bonchev–Trinajstić information content (AvgIpc) is 2.65. The van der Waals surface area contributed by atoms with Crippen molar-refractivity contribution < 1.29 is 9.53 Å². The number of hydrogen-bond acceptors (Lipinski definition) is 6. The second-order valence-corrected chi connectivity index (χ2v) is 5.49. The molecule has 0 spiro atoms. The highest BCUT2D eigenvalue weighted by atomic mass is 16.5. The Kier molecular flexibility index (Phi) is 5.38. The summed E-state index contributed by atoms with van der Waals surface area (Å²) in [6.45, 7) is 1.98. The Labute approximate surface area is 149 Å². The molecule has 2 N–H and O–H groups in total. The van der Waals surface area contributed by atoms with Gasteiger partial charge in [0.2, 0.25) is 0 Å². The van der Waals surface area contributed by atoms with Crippen LogP contribution < -0.4 is 11.1 Å². The molecule has 0 saturated heterocycles. The number of benzene rings is 2. The summed E-state index contributed by atoms with van der Waals surface area (Å²) in [4.78, 5) is 30.5. The van der Waals surface area contributed by atoms with E-state index >= 15 is 0 Å². The molecule has 0 radical (unpaired) electrons. The van der Waals surface area contributed by atoms with Crippen LogP contribution in [0.3, 0.4) is 0 Å². The molecule has 3 rings (SSSR count). The molecule has 1 aromatic heterocycles. The normalized spacial score (nSPS) is 11.3.